The van der Waals surface area contributed by atoms with Gasteiger partial charge >= 0.3 is 0 Å². The lowest BCUT2D eigenvalue weighted by Crippen LogP contribution is -2.30. The number of carbonyl (C=O) groups is 1. The first kappa shape index (κ1) is 24.1. The Kier molecular flexibility index (Phi) is 8.53. The Morgan fingerprint density at radius 3 is 2.28 bits per heavy atom. The van der Waals surface area contributed by atoms with Crippen LogP contribution in [0.2, 0.25) is 0 Å². The Labute approximate surface area is 191 Å². The number of rotatable bonds is 10. The number of methoxy groups -OCH3 is 2. The van der Waals surface area contributed by atoms with Gasteiger partial charge in [0.15, 0.2) is 11.5 Å². The number of aliphatic hydroxyl groups is 1. The summed E-state index contributed by atoms with van der Waals surface area (Å²) in [6.07, 6.45) is 5.87. The molecule has 0 bridgehead atoms. The summed E-state index contributed by atoms with van der Waals surface area (Å²) < 4.78 is 10.9. The van der Waals surface area contributed by atoms with Crippen molar-refractivity contribution in [3.8, 4) is 11.5 Å². The maximum absolute atomic E-state index is 11.2. The van der Waals surface area contributed by atoms with Crippen molar-refractivity contribution in [3.05, 3.63) is 53.1 Å². The van der Waals surface area contributed by atoms with Crippen molar-refractivity contribution in [1.29, 1.82) is 0 Å². The predicted molar refractivity (Wildman–Crippen MR) is 128 cm³/mol. The van der Waals surface area contributed by atoms with E-state index in [1.54, 1.807) is 14.2 Å². The van der Waals surface area contributed by atoms with Gasteiger partial charge in [0.05, 0.1) is 19.8 Å². The third-order valence-corrected chi connectivity index (χ3v) is 6.26. The normalized spacial score (nSPS) is 14.9. The Balaban J connectivity index is 1.42. The van der Waals surface area contributed by atoms with Gasteiger partial charge in [-0.15, -0.1) is 0 Å². The van der Waals surface area contributed by atoms with Crippen molar-refractivity contribution < 1.29 is 19.4 Å². The minimum Gasteiger partial charge on any atom is -0.493 e. The highest BCUT2D eigenvalue weighted by Gasteiger charge is 2.29. The summed E-state index contributed by atoms with van der Waals surface area (Å²) in [6, 6.07) is 12.1. The zero-order valence-corrected chi connectivity index (χ0v) is 19.5. The van der Waals surface area contributed by atoms with E-state index in [2.05, 4.69) is 28.8 Å². The highest BCUT2D eigenvalue weighted by atomic mass is 16.5. The van der Waals surface area contributed by atoms with E-state index in [0.717, 1.165) is 75.2 Å². The van der Waals surface area contributed by atoms with E-state index >= 15 is 0 Å². The number of hydrogen-bond acceptors (Lipinski definition) is 5. The first-order valence-electron chi connectivity index (χ1n) is 11.5. The fraction of sp³-hybridized carbons (Fsp3) is 0.500. The molecule has 3 N–H and O–H groups in total. The molecule has 0 saturated heterocycles. The van der Waals surface area contributed by atoms with Crippen molar-refractivity contribution in [2.75, 3.05) is 32.6 Å². The number of hydrogen-bond donors (Lipinski definition) is 3. The van der Waals surface area contributed by atoms with Crippen LogP contribution in [-0.4, -0.2) is 43.9 Å². The van der Waals surface area contributed by atoms with Crippen LogP contribution in [0.15, 0.2) is 36.4 Å². The molecule has 0 unspecified atom stereocenters. The van der Waals surface area contributed by atoms with Crippen LogP contribution in [0.3, 0.4) is 0 Å². The molecule has 0 spiro atoms. The number of aryl methyl sites for hydroxylation is 2. The van der Waals surface area contributed by atoms with E-state index in [1.807, 2.05) is 18.2 Å². The molecule has 0 radical (unpaired) electrons. The summed E-state index contributed by atoms with van der Waals surface area (Å²) in [4.78, 5) is 11.2. The van der Waals surface area contributed by atoms with Crippen molar-refractivity contribution in [3.63, 3.8) is 0 Å². The molecule has 0 fully saturated rings. The van der Waals surface area contributed by atoms with Gasteiger partial charge in [0, 0.05) is 12.6 Å². The second kappa shape index (κ2) is 11.3. The zero-order chi connectivity index (χ0) is 23.0. The maximum Gasteiger partial charge on any atom is 0.221 e. The van der Waals surface area contributed by atoms with Crippen LogP contribution >= 0.6 is 0 Å². The molecule has 1 aliphatic rings. The van der Waals surface area contributed by atoms with Crippen LogP contribution in [-0.2, 0) is 24.1 Å². The van der Waals surface area contributed by atoms with Gasteiger partial charge in [-0.05, 0) is 99.0 Å². The minimum absolute atomic E-state index is 0.0573. The van der Waals surface area contributed by atoms with E-state index < -0.39 is 5.60 Å². The first-order valence-corrected chi connectivity index (χ1v) is 11.5. The first-order chi connectivity index (χ1) is 15.4. The van der Waals surface area contributed by atoms with E-state index in [4.69, 9.17) is 9.47 Å². The molecule has 0 atom stereocenters. The number of carbonyl (C=O) groups excluding carboxylic acids is 1. The molecule has 174 valence electrons. The molecule has 2 aromatic carbocycles. The van der Waals surface area contributed by atoms with Crippen LogP contribution in [0.4, 0.5) is 5.69 Å². The second-order valence-corrected chi connectivity index (χ2v) is 8.69. The minimum atomic E-state index is -0.631. The van der Waals surface area contributed by atoms with E-state index in [-0.39, 0.29) is 5.91 Å². The fourth-order valence-corrected chi connectivity index (χ4v) is 4.45. The Morgan fingerprint density at radius 2 is 1.69 bits per heavy atom. The molecule has 2 aromatic rings. The van der Waals surface area contributed by atoms with Crippen LogP contribution in [0.5, 0.6) is 11.5 Å². The highest BCUT2D eigenvalue weighted by Crippen LogP contribution is 2.37. The topological polar surface area (TPSA) is 79.8 Å². The van der Waals surface area contributed by atoms with Crippen LogP contribution in [0, 0.1) is 0 Å². The van der Waals surface area contributed by atoms with Gasteiger partial charge in [0.2, 0.25) is 5.91 Å². The Bertz CT molecular complexity index is 878. The molecule has 1 amide bonds. The lowest BCUT2D eigenvalue weighted by atomic mass is 9.89. The average molecular weight is 441 g/mol. The molecule has 0 aromatic heterocycles. The van der Waals surface area contributed by atoms with Gasteiger partial charge in [-0.1, -0.05) is 12.1 Å². The quantitative estimate of drug-likeness (QED) is 0.386. The van der Waals surface area contributed by atoms with Crippen LogP contribution in [0.25, 0.3) is 0 Å². The third-order valence-electron chi connectivity index (χ3n) is 6.26. The van der Waals surface area contributed by atoms with Gasteiger partial charge in [0.1, 0.15) is 0 Å². The molecule has 6 heteroatoms. The predicted octanol–water partition coefficient (Wildman–Crippen LogP) is 3.88. The molecular formula is C26H36N2O4. The van der Waals surface area contributed by atoms with Crippen molar-refractivity contribution in [2.24, 2.45) is 0 Å². The number of amides is 1. The van der Waals surface area contributed by atoms with Gasteiger partial charge < -0.3 is 25.2 Å². The fourth-order valence-electron chi connectivity index (χ4n) is 4.45. The second-order valence-electron chi connectivity index (χ2n) is 8.69. The number of benzene rings is 2. The molecule has 0 saturated carbocycles. The van der Waals surface area contributed by atoms with E-state index in [1.165, 1.54) is 23.6 Å². The van der Waals surface area contributed by atoms with Gasteiger partial charge in [-0.3, -0.25) is 4.79 Å². The maximum atomic E-state index is 11.2. The molecule has 3 rings (SSSR count). The summed E-state index contributed by atoms with van der Waals surface area (Å²) in [7, 11) is 3.31. The largest absolute Gasteiger partial charge is 0.493 e. The summed E-state index contributed by atoms with van der Waals surface area (Å²) in [6.45, 7) is 3.26. The molecule has 0 heterocycles. The summed E-state index contributed by atoms with van der Waals surface area (Å²) in [5, 5.41) is 17.5. The van der Waals surface area contributed by atoms with E-state index in [0.29, 0.717) is 0 Å². The van der Waals surface area contributed by atoms with E-state index in [9.17, 15) is 9.90 Å². The number of anilines is 1. The van der Waals surface area contributed by atoms with Gasteiger partial charge in [0.25, 0.3) is 0 Å². The Morgan fingerprint density at radius 1 is 1.03 bits per heavy atom. The molecule has 1 aliphatic carbocycles. The summed E-state index contributed by atoms with van der Waals surface area (Å²) in [5.74, 6) is 1.45. The highest BCUT2D eigenvalue weighted by molar-refractivity contribution is 5.88. The summed E-state index contributed by atoms with van der Waals surface area (Å²) in [5.41, 5.74) is 3.89. The van der Waals surface area contributed by atoms with Crippen molar-refractivity contribution in [2.45, 2.75) is 57.5 Å². The third kappa shape index (κ3) is 6.71. The smallest absolute Gasteiger partial charge is 0.221 e. The van der Waals surface area contributed by atoms with Crippen LogP contribution in [0.1, 0.15) is 49.3 Å². The monoisotopic (exact) mass is 440 g/mol. The lowest BCUT2D eigenvalue weighted by Gasteiger charge is -2.26. The number of ether oxygens (including phenoxy) is 2. The summed E-state index contributed by atoms with van der Waals surface area (Å²) >= 11 is 0. The molecular weight excluding hydrogens is 404 g/mol. The Hall–Kier alpha value is -2.57. The molecule has 6 nitrogen and oxygen atoms in total. The lowest BCUT2D eigenvalue weighted by molar-refractivity contribution is -0.114. The van der Waals surface area contributed by atoms with Crippen LogP contribution < -0.4 is 20.1 Å². The van der Waals surface area contributed by atoms with Crippen molar-refractivity contribution >= 4 is 11.6 Å². The zero-order valence-electron chi connectivity index (χ0n) is 19.5. The van der Waals surface area contributed by atoms with Crippen molar-refractivity contribution in [1.82, 2.24) is 5.32 Å². The SMILES string of the molecule is COc1cc2c(cc1OC)CCC(O)(CCCNCCc1cccc(NC(C)=O)c1)CC2. The number of fused-ring (bicyclic) bond motifs is 1. The van der Waals surface area contributed by atoms with Gasteiger partial charge in [-0.2, -0.15) is 0 Å². The van der Waals surface area contributed by atoms with Gasteiger partial charge in [-0.25, -0.2) is 0 Å². The molecule has 32 heavy (non-hydrogen) atoms. The number of nitrogens with one attached hydrogen (secondary N) is 2. The average Bonchev–Trinajstić information content (AvgIpc) is 2.94. The molecule has 0 aliphatic heterocycles. The standard InChI is InChI=1S/C26H36N2O4/c1-19(29)28-23-7-4-6-20(16-23)10-15-27-14-5-11-26(30)12-8-21-17-24(31-2)25(32-3)18-22(21)9-13-26/h4,6-7,16-18,27,30H,5,8-15H2,1-3H3,(H,28,29).